The summed E-state index contributed by atoms with van der Waals surface area (Å²) in [5.41, 5.74) is 5.74. The monoisotopic (exact) mass is 425 g/mol. The molecule has 0 spiro atoms. The van der Waals surface area contributed by atoms with Crippen LogP contribution in [0, 0.1) is 20.8 Å². The Kier molecular flexibility index (Phi) is 6.83. The summed E-state index contributed by atoms with van der Waals surface area (Å²) in [6.45, 7) is 9.04. The minimum atomic E-state index is 0.0524. The molecule has 0 unspecified atom stereocenters. The summed E-state index contributed by atoms with van der Waals surface area (Å²) in [6.07, 6.45) is 0.310. The molecular weight excluding hydrogens is 398 g/mol. The number of benzene rings is 2. The maximum Gasteiger partial charge on any atom is 0.227 e. The maximum absolute atomic E-state index is 12.9. The van der Waals surface area contributed by atoms with Gasteiger partial charge in [-0.05, 0) is 63.1 Å². The predicted octanol–water partition coefficient (Wildman–Crippen LogP) is 5.05. The van der Waals surface area contributed by atoms with Crippen LogP contribution < -0.4 is 4.74 Å². The Morgan fingerprint density at radius 3 is 2.47 bits per heavy atom. The van der Waals surface area contributed by atoms with E-state index < -0.39 is 0 Å². The van der Waals surface area contributed by atoms with Crippen LogP contribution in [0.3, 0.4) is 0 Å². The van der Waals surface area contributed by atoms with Gasteiger partial charge in [0.15, 0.2) is 0 Å². The Morgan fingerprint density at radius 1 is 1.13 bits per heavy atom. The van der Waals surface area contributed by atoms with Crippen molar-refractivity contribution in [3.63, 3.8) is 0 Å². The van der Waals surface area contributed by atoms with E-state index in [-0.39, 0.29) is 5.91 Å². The van der Waals surface area contributed by atoms with E-state index in [2.05, 4.69) is 5.10 Å². The van der Waals surface area contributed by atoms with Crippen LogP contribution in [0.4, 0.5) is 0 Å². The molecular formula is C24H28ClN3O2. The van der Waals surface area contributed by atoms with E-state index in [1.165, 1.54) is 0 Å². The summed E-state index contributed by atoms with van der Waals surface area (Å²) >= 11 is 6.28. The van der Waals surface area contributed by atoms with Crippen LogP contribution in [0.2, 0.25) is 5.02 Å². The van der Waals surface area contributed by atoms with Gasteiger partial charge in [0.1, 0.15) is 5.75 Å². The van der Waals surface area contributed by atoms with Crippen LogP contribution in [0.15, 0.2) is 42.5 Å². The second-order valence-corrected chi connectivity index (χ2v) is 7.91. The molecule has 0 atom stereocenters. The molecule has 1 amide bonds. The lowest BCUT2D eigenvalue weighted by molar-refractivity contribution is -0.129. The molecule has 0 radical (unpaired) electrons. The number of hydrogen-bond acceptors (Lipinski definition) is 3. The van der Waals surface area contributed by atoms with Gasteiger partial charge in [-0.3, -0.25) is 4.79 Å². The lowest BCUT2D eigenvalue weighted by Gasteiger charge is -2.18. The lowest BCUT2D eigenvalue weighted by Crippen LogP contribution is -2.28. The van der Waals surface area contributed by atoms with E-state index in [1.807, 2.05) is 81.9 Å². The Bertz CT molecular complexity index is 1040. The van der Waals surface area contributed by atoms with Gasteiger partial charge in [-0.2, -0.15) is 5.10 Å². The highest BCUT2D eigenvalue weighted by Crippen LogP contribution is 2.23. The van der Waals surface area contributed by atoms with Gasteiger partial charge in [0.2, 0.25) is 5.91 Å². The van der Waals surface area contributed by atoms with Gasteiger partial charge in [-0.25, -0.2) is 4.68 Å². The molecule has 0 bridgehead atoms. The molecule has 0 aliphatic heterocycles. The van der Waals surface area contributed by atoms with Crippen molar-refractivity contribution in [3.05, 3.63) is 75.6 Å². The topological polar surface area (TPSA) is 47.4 Å². The minimum Gasteiger partial charge on any atom is -0.494 e. The fourth-order valence-electron chi connectivity index (χ4n) is 3.40. The number of carbonyl (C=O) groups is 1. The van der Waals surface area contributed by atoms with Crippen LogP contribution in [0.25, 0.3) is 5.69 Å². The molecule has 0 aliphatic carbocycles. The largest absolute Gasteiger partial charge is 0.494 e. The van der Waals surface area contributed by atoms with Gasteiger partial charge in [-0.15, -0.1) is 0 Å². The van der Waals surface area contributed by atoms with Crippen LogP contribution in [0.1, 0.15) is 35.0 Å². The van der Waals surface area contributed by atoms with Crippen LogP contribution >= 0.6 is 11.6 Å². The maximum atomic E-state index is 12.9. The average Bonchev–Trinajstić information content (AvgIpc) is 3.00. The van der Waals surface area contributed by atoms with Crippen molar-refractivity contribution in [3.8, 4) is 11.4 Å². The fourth-order valence-corrected chi connectivity index (χ4v) is 3.58. The van der Waals surface area contributed by atoms with E-state index in [0.717, 1.165) is 39.5 Å². The molecule has 0 fully saturated rings. The highest BCUT2D eigenvalue weighted by Gasteiger charge is 2.18. The van der Waals surface area contributed by atoms with Gasteiger partial charge in [0.05, 0.1) is 24.4 Å². The lowest BCUT2D eigenvalue weighted by atomic mass is 10.1. The van der Waals surface area contributed by atoms with E-state index in [4.69, 9.17) is 16.3 Å². The molecule has 1 aromatic heterocycles. The number of ether oxygens (including phenoxy) is 1. The molecule has 2 aromatic carbocycles. The third-order valence-corrected chi connectivity index (χ3v) is 5.66. The van der Waals surface area contributed by atoms with Gasteiger partial charge in [0, 0.05) is 29.9 Å². The average molecular weight is 426 g/mol. The van der Waals surface area contributed by atoms with E-state index in [1.54, 1.807) is 4.90 Å². The van der Waals surface area contributed by atoms with E-state index in [0.29, 0.717) is 24.6 Å². The predicted molar refractivity (Wildman–Crippen MR) is 121 cm³/mol. The third-order valence-electron chi connectivity index (χ3n) is 5.25. The van der Waals surface area contributed by atoms with E-state index in [9.17, 15) is 4.79 Å². The van der Waals surface area contributed by atoms with E-state index >= 15 is 0 Å². The number of nitrogens with zero attached hydrogens (tertiary/aromatic N) is 3. The molecule has 0 saturated heterocycles. The number of halogens is 1. The zero-order valence-corrected chi connectivity index (χ0v) is 19.0. The first-order valence-electron chi connectivity index (χ1n) is 10.1. The normalized spacial score (nSPS) is 10.9. The molecule has 0 N–H and O–H groups in total. The number of likely N-dealkylation sites (N-methyl/N-ethyl adjacent to an activating group) is 1. The Labute approximate surface area is 183 Å². The van der Waals surface area contributed by atoms with Crippen LogP contribution in [-0.4, -0.2) is 34.2 Å². The van der Waals surface area contributed by atoms with Crippen molar-refractivity contribution in [2.45, 2.75) is 40.7 Å². The number of aromatic nitrogens is 2. The Hall–Kier alpha value is -2.79. The molecule has 0 saturated carbocycles. The molecule has 158 valence electrons. The standard InChI is InChI=1S/C24H28ClN3O2/c1-6-30-21-11-8-19(9-12-21)15-27(5)24(29)14-22-17(3)26-28(18(22)4)20-10-7-16(2)23(25)13-20/h7-13H,6,14-15H2,1-5H3. The van der Waals surface area contributed by atoms with Gasteiger partial charge < -0.3 is 9.64 Å². The first kappa shape index (κ1) is 21.9. The number of hydrogen-bond donors (Lipinski definition) is 0. The second kappa shape index (κ2) is 9.35. The molecule has 3 rings (SSSR count). The van der Waals surface area contributed by atoms with Crippen molar-refractivity contribution in [1.29, 1.82) is 0 Å². The summed E-state index contributed by atoms with van der Waals surface area (Å²) < 4.78 is 7.33. The SMILES string of the molecule is CCOc1ccc(CN(C)C(=O)Cc2c(C)nn(-c3ccc(C)c(Cl)c3)c2C)cc1. The number of rotatable bonds is 7. The molecule has 6 heteroatoms. The van der Waals surface area contributed by atoms with Crippen molar-refractivity contribution in [2.24, 2.45) is 0 Å². The summed E-state index contributed by atoms with van der Waals surface area (Å²) in [5, 5.41) is 5.35. The molecule has 5 nitrogen and oxygen atoms in total. The van der Waals surface area contributed by atoms with Gasteiger partial charge in [0.25, 0.3) is 0 Å². The van der Waals surface area contributed by atoms with Crippen molar-refractivity contribution in [2.75, 3.05) is 13.7 Å². The Morgan fingerprint density at radius 2 is 1.83 bits per heavy atom. The third kappa shape index (κ3) is 4.85. The number of aryl methyl sites for hydroxylation is 2. The summed E-state index contributed by atoms with van der Waals surface area (Å²) in [6, 6.07) is 13.7. The van der Waals surface area contributed by atoms with Crippen molar-refractivity contribution < 1.29 is 9.53 Å². The first-order chi connectivity index (χ1) is 14.3. The molecule has 3 aromatic rings. The zero-order valence-electron chi connectivity index (χ0n) is 18.2. The summed E-state index contributed by atoms with van der Waals surface area (Å²) in [5.74, 6) is 0.890. The highest BCUT2D eigenvalue weighted by molar-refractivity contribution is 6.31. The highest BCUT2D eigenvalue weighted by atomic mass is 35.5. The first-order valence-corrected chi connectivity index (χ1v) is 10.4. The number of amides is 1. The Balaban J connectivity index is 1.73. The van der Waals surface area contributed by atoms with Crippen LogP contribution in [0.5, 0.6) is 5.75 Å². The van der Waals surface area contributed by atoms with Gasteiger partial charge in [-0.1, -0.05) is 29.8 Å². The molecule has 30 heavy (non-hydrogen) atoms. The summed E-state index contributed by atoms with van der Waals surface area (Å²) in [4.78, 5) is 14.6. The number of carbonyl (C=O) groups excluding carboxylic acids is 1. The van der Waals surface area contributed by atoms with Gasteiger partial charge >= 0.3 is 0 Å². The second-order valence-electron chi connectivity index (χ2n) is 7.50. The van der Waals surface area contributed by atoms with Crippen molar-refractivity contribution in [1.82, 2.24) is 14.7 Å². The molecule has 0 aliphatic rings. The smallest absolute Gasteiger partial charge is 0.227 e. The fraction of sp³-hybridized carbons (Fsp3) is 0.333. The van der Waals surface area contributed by atoms with Crippen molar-refractivity contribution >= 4 is 17.5 Å². The zero-order chi connectivity index (χ0) is 21.8. The minimum absolute atomic E-state index is 0.0524. The quantitative estimate of drug-likeness (QED) is 0.532. The van der Waals surface area contributed by atoms with Crippen LogP contribution in [-0.2, 0) is 17.8 Å². The molecule has 1 heterocycles. The summed E-state index contributed by atoms with van der Waals surface area (Å²) in [7, 11) is 1.83.